The molecule has 1 aromatic rings. The summed E-state index contributed by atoms with van der Waals surface area (Å²) in [4.78, 5) is 0. The lowest BCUT2D eigenvalue weighted by Gasteiger charge is -1.80. The van der Waals surface area contributed by atoms with Gasteiger partial charge in [0, 0.05) is 5.02 Å². The highest BCUT2D eigenvalue weighted by Crippen LogP contribution is 2.03. The largest absolute Gasteiger partial charge is 0.298 e. The lowest BCUT2D eigenvalue weighted by Crippen LogP contribution is -1.97. The van der Waals surface area contributed by atoms with E-state index < -0.39 is 15.9 Å². The van der Waals surface area contributed by atoms with Crippen LogP contribution in [0.5, 0.6) is 0 Å². The number of benzene rings is 1. The predicted octanol–water partition coefficient (Wildman–Crippen LogP) is 2.27. The average molecular weight is 234 g/mol. The Labute approximate surface area is 88.8 Å². The van der Waals surface area contributed by atoms with Crippen LogP contribution < -0.4 is 0 Å². The van der Waals surface area contributed by atoms with Crippen LogP contribution in [-0.4, -0.2) is 14.2 Å². The maximum atomic E-state index is 9.60. The monoisotopic (exact) mass is 233 g/mol. The van der Waals surface area contributed by atoms with Crippen molar-refractivity contribution < 1.29 is 13.0 Å². The molecule has 0 heterocycles. The summed E-state index contributed by atoms with van der Waals surface area (Å²) in [5.74, 6) is -0.479. The van der Waals surface area contributed by atoms with Gasteiger partial charge >= 0.3 is 0 Å². The lowest BCUT2D eigenvalue weighted by atomic mass is 10.4. The van der Waals surface area contributed by atoms with Gasteiger partial charge < -0.3 is 0 Å². The third kappa shape index (κ3) is 9.25. The Morgan fingerprint density at radius 3 is 1.93 bits per heavy atom. The number of hydrogen-bond acceptors (Lipinski definition) is 2. The maximum absolute atomic E-state index is 9.60. The summed E-state index contributed by atoms with van der Waals surface area (Å²) in [6, 6.07) is 9.44. The lowest BCUT2D eigenvalue weighted by molar-refractivity contribution is 0.417. The van der Waals surface area contributed by atoms with Crippen molar-refractivity contribution in [2.75, 3.05) is 5.75 Å². The molecule has 0 saturated heterocycles. The molecular weight excluding hydrogens is 224 g/mol. The molecule has 5 heteroatoms. The van der Waals surface area contributed by atoms with Gasteiger partial charge in [-0.1, -0.05) is 40.4 Å². The zero-order chi connectivity index (χ0) is 11.0. The molecule has 0 N–H and O–H groups in total. The van der Waals surface area contributed by atoms with Crippen molar-refractivity contribution in [2.24, 2.45) is 0 Å². The van der Waals surface area contributed by atoms with Crippen LogP contribution in [-0.2, 0) is 14.7 Å². The molecule has 1 rings (SSSR count). The van der Waals surface area contributed by atoms with E-state index in [1.54, 1.807) is 0 Å². The predicted molar refractivity (Wildman–Crippen MR) is 56.1 cm³/mol. The van der Waals surface area contributed by atoms with Crippen molar-refractivity contribution >= 4 is 21.7 Å². The van der Waals surface area contributed by atoms with E-state index in [1.165, 1.54) is 0 Å². The van der Waals surface area contributed by atoms with Gasteiger partial charge in [0.1, 0.15) is 0 Å². The van der Waals surface area contributed by atoms with E-state index in [4.69, 9.17) is 11.6 Å². The zero-order valence-corrected chi connectivity index (χ0v) is 8.96. The van der Waals surface area contributed by atoms with Crippen LogP contribution in [0.2, 0.25) is 5.02 Å². The Hall–Kier alpha value is -0.840. The average Bonchev–Trinajstić information content (AvgIpc) is 2.04. The molecule has 0 saturated carbocycles. The number of hydrogen-bond donors (Lipinski definition) is 0. The van der Waals surface area contributed by atoms with Gasteiger partial charge in [-0.15, -0.1) is 6.58 Å². The van der Waals surface area contributed by atoms with E-state index >= 15 is 0 Å². The van der Waals surface area contributed by atoms with Crippen LogP contribution in [0, 0.1) is 0 Å². The molecule has 14 heavy (non-hydrogen) atoms. The standard InChI is InChI=1S/C6H5Cl.C3H5O3S/c7-6-4-2-1-3-5-6;1-2-3-7(4,5)6/h1-5H;2H,1,3H2. The molecule has 1 radical (unpaired) electrons. The molecule has 0 fully saturated rings. The van der Waals surface area contributed by atoms with Gasteiger partial charge in [0.25, 0.3) is 10.1 Å². The second-order valence-electron chi connectivity index (χ2n) is 2.31. The van der Waals surface area contributed by atoms with Crippen LogP contribution in [0.3, 0.4) is 0 Å². The van der Waals surface area contributed by atoms with Gasteiger partial charge in [0.15, 0.2) is 0 Å². The Balaban J connectivity index is 0.000000241. The molecule has 0 aromatic heterocycles. The van der Waals surface area contributed by atoms with Crippen molar-refractivity contribution in [1.82, 2.24) is 0 Å². The van der Waals surface area contributed by atoms with Gasteiger partial charge in [-0.25, -0.2) is 0 Å². The number of rotatable bonds is 2. The summed E-state index contributed by atoms with van der Waals surface area (Å²) in [6.45, 7) is 3.07. The molecule has 77 valence electrons. The fourth-order valence-corrected chi connectivity index (χ4v) is 0.993. The molecule has 0 aliphatic rings. The first-order chi connectivity index (χ1) is 6.45. The molecule has 0 spiro atoms. The molecular formula is C9H10ClO3S. The van der Waals surface area contributed by atoms with Crippen LogP contribution in [0.4, 0.5) is 0 Å². The Morgan fingerprint density at radius 1 is 1.29 bits per heavy atom. The van der Waals surface area contributed by atoms with Crippen molar-refractivity contribution in [3.8, 4) is 0 Å². The first-order valence-corrected chi connectivity index (χ1v) is 5.66. The molecule has 0 bridgehead atoms. The normalized spacial score (nSPS) is 9.86. The summed E-state index contributed by atoms with van der Waals surface area (Å²) in [5.41, 5.74) is 0. The Bertz CT molecular complexity index is 359. The van der Waals surface area contributed by atoms with E-state index in [0.717, 1.165) is 11.1 Å². The third-order valence-electron chi connectivity index (χ3n) is 1.06. The van der Waals surface area contributed by atoms with Gasteiger partial charge in [0.2, 0.25) is 0 Å². The van der Waals surface area contributed by atoms with Crippen molar-refractivity contribution in [2.45, 2.75) is 0 Å². The molecule has 0 aliphatic carbocycles. The minimum atomic E-state index is -4.04. The fraction of sp³-hybridized carbons (Fsp3) is 0.111. The van der Waals surface area contributed by atoms with Crippen LogP contribution in [0.1, 0.15) is 0 Å². The molecule has 0 amide bonds. The summed E-state index contributed by atoms with van der Waals surface area (Å²) in [5, 5.41) is 0.794. The minimum Gasteiger partial charge on any atom is -0.197 e. The maximum Gasteiger partial charge on any atom is 0.298 e. The van der Waals surface area contributed by atoms with Gasteiger partial charge in [0.05, 0.1) is 5.75 Å². The van der Waals surface area contributed by atoms with E-state index in [-0.39, 0.29) is 0 Å². The quantitative estimate of drug-likeness (QED) is 0.736. The second kappa shape index (κ2) is 6.59. The second-order valence-corrected chi connectivity index (χ2v) is 4.19. The van der Waals surface area contributed by atoms with Crippen LogP contribution in [0.25, 0.3) is 0 Å². The first kappa shape index (κ1) is 13.2. The van der Waals surface area contributed by atoms with Crippen LogP contribution >= 0.6 is 11.6 Å². The van der Waals surface area contributed by atoms with Crippen LogP contribution in [0.15, 0.2) is 43.0 Å². The third-order valence-corrected chi connectivity index (χ3v) is 1.95. The summed E-state index contributed by atoms with van der Waals surface area (Å²) in [7, 11) is -4.04. The van der Waals surface area contributed by atoms with Gasteiger partial charge in [-0.05, 0) is 12.1 Å². The highest BCUT2D eigenvalue weighted by Gasteiger charge is 1.99. The molecule has 0 aliphatic heterocycles. The topological polar surface area (TPSA) is 54.0 Å². The van der Waals surface area contributed by atoms with E-state index in [2.05, 4.69) is 6.58 Å². The Kier molecular flexibility index (Phi) is 6.19. The fourth-order valence-electron chi connectivity index (χ4n) is 0.559. The van der Waals surface area contributed by atoms with Crippen molar-refractivity contribution in [3.05, 3.63) is 48.0 Å². The van der Waals surface area contributed by atoms with Crippen molar-refractivity contribution in [1.29, 1.82) is 0 Å². The SMILES string of the molecule is C=CCS([O])(=O)=O.Clc1ccccc1. The molecule has 3 nitrogen and oxygen atoms in total. The first-order valence-electron chi connectivity index (χ1n) is 3.70. The summed E-state index contributed by atoms with van der Waals surface area (Å²) >= 11 is 5.54. The highest BCUT2D eigenvalue weighted by atomic mass is 35.5. The smallest absolute Gasteiger partial charge is 0.197 e. The molecule has 1 aromatic carbocycles. The summed E-state index contributed by atoms with van der Waals surface area (Å²) < 4.78 is 28.8. The van der Waals surface area contributed by atoms with Crippen molar-refractivity contribution in [3.63, 3.8) is 0 Å². The van der Waals surface area contributed by atoms with E-state index in [1.807, 2.05) is 30.3 Å². The van der Waals surface area contributed by atoms with E-state index in [9.17, 15) is 13.0 Å². The minimum absolute atomic E-state index is 0.479. The van der Waals surface area contributed by atoms with E-state index in [0.29, 0.717) is 0 Å². The number of halogens is 1. The summed E-state index contributed by atoms with van der Waals surface area (Å²) in [6.07, 6.45) is 1.06. The molecule has 0 unspecified atom stereocenters. The zero-order valence-electron chi connectivity index (χ0n) is 7.39. The molecule has 0 atom stereocenters. The van der Waals surface area contributed by atoms with Gasteiger partial charge in [-0.2, -0.15) is 8.42 Å². The highest BCUT2D eigenvalue weighted by molar-refractivity contribution is 7.85. The van der Waals surface area contributed by atoms with Gasteiger partial charge in [-0.3, -0.25) is 0 Å². The Morgan fingerprint density at radius 2 is 1.79 bits per heavy atom.